The Labute approximate surface area is 231 Å². The smallest absolute Gasteiger partial charge is 0.343 e. The zero-order chi connectivity index (χ0) is 27.6. The average Bonchev–Trinajstić information content (AvgIpc) is 2.96. The Balaban J connectivity index is 1.68. The van der Waals surface area contributed by atoms with Gasteiger partial charge in [-0.2, -0.15) is 4.31 Å². The second kappa shape index (κ2) is 10.7. The van der Waals surface area contributed by atoms with Crippen LogP contribution in [-0.4, -0.2) is 20.3 Å². The minimum atomic E-state index is -4.39. The normalized spacial score (nSPS) is 11.2. The molecule has 0 aliphatic heterocycles. The predicted octanol–water partition coefficient (Wildman–Crippen LogP) is 7.06. The highest BCUT2D eigenvalue weighted by Crippen LogP contribution is 2.37. The van der Waals surface area contributed by atoms with Gasteiger partial charge in [0, 0.05) is 21.4 Å². The van der Waals surface area contributed by atoms with Gasteiger partial charge in [0.2, 0.25) is 0 Å². The van der Waals surface area contributed by atoms with Gasteiger partial charge >= 0.3 is 5.97 Å². The second-order valence-electron chi connectivity index (χ2n) is 8.74. The van der Waals surface area contributed by atoms with Crippen molar-refractivity contribution in [2.75, 3.05) is 4.31 Å². The van der Waals surface area contributed by atoms with Gasteiger partial charge in [0.1, 0.15) is 5.75 Å². The number of esters is 1. The van der Waals surface area contributed by atoms with E-state index in [1.165, 1.54) is 30.3 Å². The number of rotatable bonds is 6. The summed E-state index contributed by atoms with van der Waals surface area (Å²) in [5, 5.41) is 1.28. The molecule has 0 saturated heterocycles. The van der Waals surface area contributed by atoms with Gasteiger partial charge in [-0.3, -0.25) is 4.79 Å². The van der Waals surface area contributed by atoms with Crippen LogP contribution >= 0.6 is 11.6 Å². The van der Waals surface area contributed by atoms with Gasteiger partial charge in [0.25, 0.3) is 15.9 Å². The molecule has 1 amide bonds. The van der Waals surface area contributed by atoms with E-state index >= 15 is 0 Å². The van der Waals surface area contributed by atoms with Crippen molar-refractivity contribution < 1.29 is 22.7 Å². The summed E-state index contributed by atoms with van der Waals surface area (Å²) in [4.78, 5) is 26.5. The standard InChI is InChI=1S/C31H22ClNO5S/c1-21-20-24(16-17-27(21)32)39(36,37)33(30(34)22-10-4-2-5-11-22)28-18-19-29(26-15-9-8-14-25(26)28)38-31(35)23-12-6-3-7-13-23/h2-20H,1H3. The lowest BCUT2D eigenvalue weighted by Gasteiger charge is -2.25. The van der Waals surface area contributed by atoms with Crippen molar-refractivity contribution in [3.63, 3.8) is 0 Å². The highest BCUT2D eigenvalue weighted by molar-refractivity contribution is 7.93. The fraction of sp³-hybridized carbons (Fsp3) is 0.0323. The number of halogens is 1. The summed E-state index contributed by atoms with van der Waals surface area (Å²) in [6, 6.07) is 30.8. The zero-order valence-electron chi connectivity index (χ0n) is 20.7. The summed E-state index contributed by atoms with van der Waals surface area (Å²) in [5.41, 5.74) is 1.23. The molecule has 0 spiro atoms. The number of aryl methyl sites for hydroxylation is 1. The SMILES string of the molecule is Cc1cc(S(=O)(=O)N(C(=O)c2ccccc2)c2ccc(OC(=O)c3ccccc3)c3ccccc23)ccc1Cl. The molecule has 0 fully saturated rings. The minimum Gasteiger partial charge on any atom is -0.422 e. The Morgan fingerprint density at radius 2 is 1.31 bits per heavy atom. The fourth-order valence-electron chi connectivity index (χ4n) is 4.18. The maximum absolute atomic E-state index is 14.1. The number of fused-ring (bicyclic) bond motifs is 1. The first-order valence-electron chi connectivity index (χ1n) is 12.0. The molecule has 0 aliphatic rings. The quantitative estimate of drug-likeness (QED) is 0.165. The van der Waals surface area contributed by atoms with Crippen molar-refractivity contribution in [2.24, 2.45) is 0 Å². The van der Waals surface area contributed by atoms with E-state index in [9.17, 15) is 18.0 Å². The minimum absolute atomic E-state index is 0.0858. The Morgan fingerprint density at radius 1 is 0.718 bits per heavy atom. The molecular formula is C31H22ClNO5S. The maximum Gasteiger partial charge on any atom is 0.343 e. The number of sulfonamides is 1. The number of hydrogen-bond acceptors (Lipinski definition) is 5. The van der Waals surface area contributed by atoms with Crippen LogP contribution in [0.15, 0.2) is 120 Å². The van der Waals surface area contributed by atoms with Gasteiger partial charge in [-0.1, -0.05) is 72.3 Å². The van der Waals surface area contributed by atoms with E-state index < -0.39 is 21.9 Å². The van der Waals surface area contributed by atoms with Gasteiger partial charge in [0.05, 0.1) is 16.1 Å². The molecule has 0 radical (unpaired) electrons. The van der Waals surface area contributed by atoms with Crippen LogP contribution in [0.25, 0.3) is 10.8 Å². The maximum atomic E-state index is 14.1. The first-order chi connectivity index (χ1) is 18.8. The number of ether oxygens (including phenoxy) is 1. The van der Waals surface area contributed by atoms with Gasteiger partial charge in [-0.25, -0.2) is 13.2 Å². The topological polar surface area (TPSA) is 80.8 Å². The summed E-state index contributed by atoms with van der Waals surface area (Å²) in [6.45, 7) is 1.69. The summed E-state index contributed by atoms with van der Waals surface area (Å²) in [5.74, 6) is -1.06. The lowest BCUT2D eigenvalue weighted by atomic mass is 10.1. The third kappa shape index (κ3) is 5.14. The van der Waals surface area contributed by atoms with Crippen LogP contribution in [0, 0.1) is 6.92 Å². The summed E-state index contributed by atoms with van der Waals surface area (Å²) in [6.07, 6.45) is 0. The second-order valence-corrected chi connectivity index (χ2v) is 10.9. The Morgan fingerprint density at radius 3 is 1.95 bits per heavy atom. The largest absolute Gasteiger partial charge is 0.422 e. The number of nitrogens with zero attached hydrogens (tertiary/aromatic N) is 1. The van der Waals surface area contributed by atoms with Gasteiger partial charge in [-0.05, 0) is 67.1 Å². The number of benzene rings is 5. The average molecular weight is 556 g/mol. The van der Waals surface area contributed by atoms with E-state index in [2.05, 4.69) is 0 Å². The Kier molecular flexibility index (Phi) is 7.19. The van der Waals surface area contributed by atoms with E-state index in [1.54, 1.807) is 91.9 Å². The molecule has 0 heterocycles. The molecule has 6 nitrogen and oxygen atoms in total. The van der Waals surface area contributed by atoms with Crippen LogP contribution in [0.4, 0.5) is 5.69 Å². The van der Waals surface area contributed by atoms with Crippen LogP contribution in [0.3, 0.4) is 0 Å². The predicted molar refractivity (Wildman–Crippen MR) is 152 cm³/mol. The van der Waals surface area contributed by atoms with Crippen molar-refractivity contribution in [1.29, 1.82) is 0 Å². The molecule has 5 aromatic rings. The van der Waals surface area contributed by atoms with Crippen molar-refractivity contribution >= 4 is 50.0 Å². The fourth-order valence-corrected chi connectivity index (χ4v) is 5.82. The molecule has 0 bridgehead atoms. The third-order valence-corrected chi connectivity index (χ3v) is 8.28. The number of amides is 1. The van der Waals surface area contributed by atoms with Crippen LogP contribution < -0.4 is 9.04 Å². The summed E-state index contributed by atoms with van der Waals surface area (Å²) < 4.78 is 34.6. The van der Waals surface area contributed by atoms with E-state index in [0.29, 0.717) is 26.9 Å². The monoisotopic (exact) mass is 555 g/mol. The Bertz CT molecular complexity index is 1810. The van der Waals surface area contributed by atoms with Crippen molar-refractivity contribution in [1.82, 2.24) is 0 Å². The van der Waals surface area contributed by atoms with Crippen LogP contribution in [0.1, 0.15) is 26.3 Å². The van der Waals surface area contributed by atoms with Crippen LogP contribution in [-0.2, 0) is 10.0 Å². The number of anilines is 1. The van der Waals surface area contributed by atoms with E-state index in [1.807, 2.05) is 0 Å². The number of hydrogen-bond donors (Lipinski definition) is 0. The first kappa shape index (κ1) is 26.2. The van der Waals surface area contributed by atoms with Crippen LogP contribution in [0.5, 0.6) is 5.75 Å². The molecule has 0 N–H and O–H groups in total. The highest BCUT2D eigenvalue weighted by atomic mass is 35.5. The molecule has 0 unspecified atom stereocenters. The van der Waals surface area contributed by atoms with Crippen molar-refractivity contribution in [3.8, 4) is 5.75 Å². The van der Waals surface area contributed by atoms with E-state index in [-0.39, 0.29) is 21.9 Å². The zero-order valence-corrected chi connectivity index (χ0v) is 22.3. The molecule has 5 rings (SSSR count). The molecule has 0 saturated carbocycles. The third-order valence-electron chi connectivity index (χ3n) is 6.16. The van der Waals surface area contributed by atoms with Crippen molar-refractivity contribution in [2.45, 2.75) is 11.8 Å². The molecule has 194 valence electrons. The lowest BCUT2D eigenvalue weighted by Crippen LogP contribution is -2.37. The molecule has 0 aromatic heterocycles. The number of carbonyl (C=O) groups is 2. The number of carbonyl (C=O) groups excluding carboxylic acids is 2. The van der Waals surface area contributed by atoms with Crippen molar-refractivity contribution in [3.05, 3.63) is 137 Å². The Hall–Kier alpha value is -4.46. The van der Waals surface area contributed by atoms with Crippen LogP contribution in [0.2, 0.25) is 5.02 Å². The lowest BCUT2D eigenvalue weighted by molar-refractivity contribution is 0.0736. The molecule has 0 atom stereocenters. The summed E-state index contributed by atoms with van der Waals surface area (Å²) >= 11 is 6.15. The molecule has 5 aromatic carbocycles. The van der Waals surface area contributed by atoms with E-state index in [4.69, 9.17) is 16.3 Å². The molecular weight excluding hydrogens is 534 g/mol. The molecule has 0 aliphatic carbocycles. The molecule has 8 heteroatoms. The van der Waals surface area contributed by atoms with E-state index in [0.717, 1.165) is 4.31 Å². The van der Waals surface area contributed by atoms with Gasteiger partial charge in [-0.15, -0.1) is 0 Å². The first-order valence-corrected chi connectivity index (χ1v) is 13.8. The summed E-state index contributed by atoms with van der Waals surface area (Å²) in [7, 11) is -4.39. The van der Waals surface area contributed by atoms with Gasteiger partial charge < -0.3 is 4.74 Å². The molecule has 39 heavy (non-hydrogen) atoms. The highest BCUT2D eigenvalue weighted by Gasteiger charge is 2.33. The van der Waals surface area contributed by atoms with Gasteiger partial charge in [0.15, 0.2) is 0 Å².